The van der Waals surface area contributed by atoms with Gasteiger partial charge >= 0.3 is 5.97 Å². The van der Waals surface area contributed by atoms with Gasteiger partial charge in [0, 0.05) is 28.7 Å². The number of aryl methyl sites for hydroxylation is 2. The Kier molecular flexibility index (Phi) is 6.76. The van der Waals surface area contributed by atoms with Crippen molar-refractivity contribution < 1.29 is 18.7 Å². The summed E-state index contributed by atoms with van der Waals surface area (Å²) in [7, 11) is 1.62. The molecule has 0 atom stereocenters. The SMILES string of the molecule is CCOC(=O)c1oc2ccccc2c1CSc1nc2sc3c(c2c(=O)n1CCOC)CCCC3. The van der Waals surface area contributed by atoms with Crippen LogP contribution in [-0.2, 0) is 34.6 Å². The average molecular weight is 499 g/mol. The van der Waals surface area contributed by atoms with E-state index in [-0.39, 0.29) is 17.9 Å². The number of rotatable bonds is 8. The lowest BCUT2D eigenvalue weighted by Gasteiger charge is -2.13. The van der Waals surface area contributed by atoms with Crippen molar-refractivity contribution in [2.75, 3.05) is 20.3 Å². The van der Waals surface area contributed by atoms with Crippen molar-refractivity contribution in [2.45, 2.75) is 50.1 Å². The van der Waals surface area contributed by atoms with Crippen molar-refractivity contribution in [1.82, 2.24) is 9.55 Å². The molecule has 0 aliphatic heterocycles. The Labute approximate surface area is 205 Å². The van der Waals surface area contributed by atoms with Crippen molar-refractivity contribution in [3.8, 4) is 0 Å². The number of thioether (sulfide) groups is 1. The summed E-state index contributed by atoms with van der Waals surface area (Å²) in [6.07, 6.45) is 4.22. The van der Waals surface area contributed by atoms with Crippen molar-refractivity contribution in [3.63, 3.8) is 0 Å². The van der Waals surface area contributed by atoms with E-state index in [2.05, 4.69) is 0 Å². The fraction of sp³-hybridized carbons (Fsp3) is 0.400. The number of carbonyl (C=O) groups excluding carboxylic acids is 1. The van der Waals surface area contributed by atoms with Crippen LogP contribution in [0.5, 0.6) is 0 Å². The first kappa shape index (κ1) is 23.1. The van der Waals surface area contributed by atoms with Gasteiger partial charge in [0.2, 0.25) is 5.76 Å². The molecule has 0 fully saturated rings. The van der Waals surface area contributed by atoms with Gasteiger partial charge in [0.1, 0.15) is 10.4 Å². The molecule has 9 heteroatoms. The fourth-order valence-corrected chi connectivity index (χ4v) is 6.81. The van der Waals surface area contributed by atoms with Gasteiger partial charge in [-0.1, -0.05) is 30.0 Å². The molecule has 5 rings (SSSR count). The van der Waals surface area contributed by atoms with Gasteiger partial charge in [0.05, 0.1) is 25.1 Å². The second-order valence-electron chi connectivity index (χ2n) is 8.15. The van der Waals surface area contributed by atoms with Gasteiger partial charge in [-0.2, -0.15) is 0 Å². The largest absolute Gasteiger partial charge is 0.460 e. The number of carbonyl (C=O) groups is 1. The Morgan fingerprint density at radius 1 is 1.26 bits per heavy atom. The smallest absolute Gasteiger partial charge is 0.374 e. The van der Waals surface area contributed by atoms with E-state index in [0.29, 0.717) is 29.6 Å². The van der Waals surface area contributed by atoms with Crippen LogP contribution in [0.3, 0.4) is 0 Å². The molecule has 0 bridgehead atoms. The maximum atomic E-state index is 13.6. The van der Waals surface area contributed by atoms with Crippen LogP contribution in [0.4, 0.5) is 0 Å². The van der Waals surface area contributed by atoms with E-state index >= 15 is 0 Å². The highest BCUT2D eigenvalue weighted by Gasteiger charge is 2.25. The van der Waals surface area contributed by atoms with Gasteiger partial charge in [0.25, 0.3) is 5.56 Å². The van der Waals surface area contributed by atoms with Crippen LogP contribution in [0.15, 0.2) is 38.6 Å². The number of para-hydroxylation sites is 1. The van der Waals surface area contributed by atoms with Crippen LogP contribution in [-0.4, -0.2) is 35.8 Å². The number of benzene rings is 1. The predicted octanol–water partition coefficient (Wildman–Crippen LogP) is 5.20. The Bertz CT molecular complexity index is 1420. The monoisotopic (exact) mass is 498 g/mol. The van der Waals surface area contributed by atoms with E-state index in [9.17, 15) is 9.59 Å². The molecule has 1 aromatic carbocycles. The number of methoxy groups -OCH3 is 1. The molecule has 1 aliphatic carbocycles. The second kappa shape index (κ2) is 9.93. The molecule has 3 heterocycles. The Morgan fingerprint density at radius 3 is 2.91 bits per heavy atom. The summed E-state index contributed by atoms with van der Waals surface area (Å²) in [6, 6.07) is 7.55. The number of hydrogen-bond donors (Lipinski definition) is 0. The van der Waals surface area contributed by atoms with Gasteiger partial charge < -0.3 is 13.9 Å². The number of ether oxygens (including phenoxy) is 2. The van der Waals surface area contributed by atoms with Crippen LogP contribution in [0.1, 0.15) is 46.3 Å². The maximum absolute atomic E-state index is 13.6. The van der Waals surface area contributed by atoms with Gasteiger partial charge in [-0.15, -0.1) is 11.3 Å². The van der Waals surface area contributed by atoms with Gasteiger partial charge in [-0.25, -0.2) is 9.78 Å². The van der Waals surface area contributed by atoms with Gasteiger partial charge in [-0.3, -0.25) is 9.36 Å². The first-order valence-corrected chi connectivity index (χ1v) is 13.3. The Morgan fingerprint density at radius 2 is 2.09 bits per heavy atom. The first-order valence-electron chi connectivity index (χ1n) is 11.5. The molecule has 178 valence electrons. The number of aromatic nitrogens is 2. The third-order valence-electron chi connectivity index (χ3n) is 6.06. The summed E-state index contributed by atoms with van der Waals surface area (Å²) in [5.41, 5.74) is 2.55. The highest BCUT2D eigenvalue weighted by molar-refractivity contribution is 7.98. The molecule has 0 spiro atoms. The number of furan rings is 1. The summed E-state index contributed by atoms with van der Waals surface area (Å²) < 4.78 is 18.1. The molecular weight excluding hydrogens is 472 g/mol. The van der Waals surface area contributed by atoms with Crippen LogP contribution >= 0.6 is 23.1 Å². The summed E-state index contributed by atoms with van der Waals surface area (Å²) in [6.45, 7) is 2.86. The molecule has 0 N–H and O–H groups in total. The van der Waals surface area contributed by atoms with Crippen molar-refractivity contribution in [3.05, 3.63) is 56.4 Å². The summed E-state index contributed by atoms with van der Waals surface area (Å²) in [5.74, 6) is 0.135. The molecule has 0 saturated heterocycles. The molecule has 4 aromatic rings. The Hall–Kier alpha value is -2.62. The van der Waals surface area contributed by atoms with Crippen molar-refractivity contribution >= 4 is 50.3 Å². The molecule has 7 nitrogen and oxygen atoms in total. The number of hydrogen-bond acceptors (Lipinski definition) is 8. The lowest BCUT2D eigenvalue weighted by Crippen LogP contribution is -2.25. The van der Waals surface area contributed by atoms with E-state index in [0.717, 1.165) is 46.8 Å². The molecule has 3 aromatic heterocycles. The highest BCUT2D eigenvalue weighted by Crippen LogP contribution is 2.36. The molecule has 0 radical (unpaired) electrons. The second-order valence-corrected chi connectivity index (χ2v) is 10.2. The van der Waals surface area contributed by atoms with Crippen LogP contribution in [0, 0.1) is 0 Å². The van der Waals surface area contributed by atoms with E-state index in [1.54, 1.807) is 29.9 Å². The molecular formula is C25H26N2O5S2. The fourth-order valence-electron chi connectivity index (χ4n) is 4.45. The number of fused-ring (bicyclic) bond motifs is 4. The van der Waals surface area contributed by atoms with E-state index in [1.165, 1.54) is 22.2 Å². The van der Waals surface area contributed by atoms with Gasteiger partial charge in [-0.05, 0) is 44.2 Å². The third-order valence-corrected chi connectivity index (χ3v) is 8.25. The third kappa shape index (κ3) is 4.16. The lowest BCUT2D eigenvalue weighted by atomic mass is 9.97. The maximum Gasteiger partial charge on any atom is 0.374 e. The van der Waals surface area contributed by atoms with Gasteiger partial charge in [0.15, 0.2) is 5.16 Å². The zero-order valence-corrected chi connectivity index (χ0v) is 20.9. The number of nitrogens with zero attached hydrogens (tertiary/aromatic N) is 2. The number of thiophene rings is 1. The molecule has 0 amide bonds. The van der Waals surface area contributed by atoms with E-state index in [1.807, 2.05) is 24.3 Å². The minimum Gasteiger partial charge on any atom is -0.460 e. The van der Waals surface area contributed by atoms with Crippen LogP contribution in [0.2, 0.25) is 0 Å². The van der Waals surface area contributed by atoms with Crippen molar-refractivity contribution in [1.29, 1.82) is 0 Å². The first-order chi connectivity index (χ1) is 16.6. The summed E-state index contributed by atoms with van der Waals surface area (Å²) in [4.78, 5) is 33.2. The van der Waals surface area contributed by atoms with E-state index < -0.39 is 5.97 Å². The predicted molar refractivity (Wildman–Crippen MR) is 134 cm³/mol. The summed E-state index contributed by atoms with van der Waals surface area (Å²) >= 11 is 3.07. The molecule has 34 heavy (non-hydrogen) atoms. The molecule has 1 aliphatic rings. The minimum absolute atomic E-state index is 0.00776. The molecule has 0 unspecified atom stereocenters. The standard InChI is InChI=1S/C25H26N2O5S2/c1-3-31-24(29)21-17(15-8-4-6-10-18(15)32-21)14-33-25-26-22-20(23(28)27(25)12-13-30-2)16-9-5-7-11-19(16)34-22/h4,6,8,10H,3,5,7,9,11-14H2,1-2H3. The summed E-state index contributed by atoms with van der Waals surface area (Å²) in [5, 5.41) is 2.24. The van der Waals surface area contributed by atoms with Crippen molar-refractivity contribution in [2.24, 2.45) is 0 Å². The van der Waals surface area contributed by atoms with E-state index in [4.69, 9.17) is 18.9 Å². The average Bonchev–Trinajstić information content (AvgIpc) is 3.41. The zero-order valence-electron chi connectivity index (χ0n) is 19.2. The molecule has 0 saturated carbocycles. The Balaban J connectivity index is 1.57. The zero-order chi connectivity index (χ0) is 23.7. The normalized spacial score (nSPS) is 13.5. The topological polar surface area (TPSA) is 83.6 Å². The van der Waals surface area contributed by atoms with Crippen LogP contribution < -0.4 is 5.56 Å². The minimum atomic E-state index is -0.486. The number of esters is 1. The quantitative estimate of drug-likeness (QED) is 0.188. The highest BCUT2D eigenvalue weighted by atomic mass is 32.2. The lowest BCUT2D eigenvalue weighted by molar-refractivity contribution is 0.0491. The van der Waals surface area contributed by atoms with Crippen LogP contribution in [0.25, 0.3) is 21.2 Å².